The number of thioether (sulfide) groups is 1. The fourth-order valence-corrected chi connectivity index (χ4v) is 4.48. The first-order valence-corrected chi connectivity index (χ1v) is 10.4. The van der Waals surface area contributed by atoms with Gasteiger partial charge in [-0.2, -0.15) is 0 Å². The largest absolute Gasteiger partial charge is 0.496 e. The molecule has 0 N–H and O–H groups in total. The van der Waals surface area contributed by atoms with Crippen LogP contribution in [-0.4, -0.2) is 18.1 Å². The normalized spacial score (nSPS) is 10.6. The molecule has 0 aliphatic heterocycles. The lowest BCUT2D eigenvalue weighted by Crippen LogP contribution is -2.08. The van der Waals surface area contributed by atoms with Crippen LogP contribution in [0, 0.1) is 13.8 Å². The lowest BCUT2D eigenvalue weighted by Gasteiger charge is -2.12. The Bertz CT molecular complexity index is 937. The van der Waals surface area contributed by atoms with Crippen molar-refractivity contribution in [2.75, 3.05) is 7.11 Å². The van der Waals surface area contributed by atoms with Crippen LogP contribution in [0.5, 0.6) is 5.75 Å². The average molecular weight is 400 g/mol. The van der Waals surface area contributed by atoms with Gasteiger partial charge in [-0.1, -0.05) is 41.6 Å². The Morgan fingerprint density at radius 3 is 2.70 bits per heavy atom. The predicted molar refractivity (Wildman–Crippen MR) is 110 cm³/mol. The van der Waals surface area contributed by atoms with Crippen molar-refractivity contribution in [1.29, 1.82) is 0 Å². The van der Waals surface area contributed by atoms with E-state index in [9.17, 15) is 4.79 Å². The van der Waals surface area contributed by atoms with Crippen LogP contribution in [0.25, 0.3) is 0 Å². The van der Waals surface area contributed by atoms with Gasteiger partial charge in [0.15, 0.2) is 0 Å². The zero-order valence-corrected chi connectivity index (χ0v) is 17.2. The molecule has 0 unspecified atom stereocenters. The summed E-state index contributed by atoms with van der Waals surface area (Å²) in [6, 6.07) is 13.4. The summed E-state index contributed by atoms with van der Waals surface area (Å²) in [5, 5.41) is 2.03. The van der Waals surface area contributed by atoms with Crippen LogP contribution in [0.2, 0.25) is 0 Å². The third-order valence-corrected chi connectivity index (χ3v) is 6.17. The minimum Gasteiger partial charge on any atom is -0.496 e. The number of carbonyl (C=O) groups excluding carboxylic acids is 1. The van der Waals surface area contributed by atoms with Gasteiger partial charge in [0.2, 0.25) is 0 Å². The van der Waals surface area contributed by atoms with Gasteiger partial charge >= 0.3 is 5.97 Å². The average Bonchev–Trinajstić information content (AvgIpc) is 3.10. The number of aryl methyl sites for hydroxylation is 2. The van der Waals surface area contributed by atoms with Crippen molar-refractivity contribution in [2.45, 2.75) is 30.5 Å². The predicted octanol–water partition coefficient (Wildman–Crippen LogP) is 5.42. The number of rotatable bonds is 7. The van der Waals surface area contributed by atoms with Crippen molar-refractivity contribution in [3.05, 3.63) is 75.8 Å². The van der Waals surface area contributed by atoms with E-state index in [1.807, 2.05) is 55.6 Å². The van der Waals surface area contributed by atoms with Crippen LogP contribution in [0.3, 0.4) is 0 Å². The first kappa shape index (κ1) is 19.5. The molecule has 0 aliphatic carbocycles. The lowest BCUT2D eigenvalue weighted by atomic mass is 10.1. The van der Waals surface area contributed by atoms with Crippen LogP contribution in [0.15, 0.2) is 52.2 Å². The van der Waals surface area contributed by atoms with E-state index in [2.05, 4.69) is 4.98 Å². The van der Waals surface area contributed by atoms with Crippen LogP contribution >= 0.6 is 23.1 Å². The Kier molecular flexibility index (Phi) is 6.53. The maximum atomic E-state index is 12.7. The molecule has 0 saturated carbocycles. The fourth-order valence-electron chi connectivity index (χ4n) is 2.62. The molecule has 0 aliphatic rings. The molecule has 0 atom stereocenters. The second-order valence-corrected chi connectivity index (χ2v) is 8.17. The van der Waals surface area contributed by atoms with Crippen molar-refractivity contribution >= 4 is 29.1 Å². The number of esters is 1. The van der Waals surface area contributed by atoms with Gasteiger partial charge in [-0.3, -0.25) is 0 Å². The van der Waals surface area contributed by atoms with Crippen molar-refractivity contribution < 1.29 is 14.3 Å². The topological polar surface area (TPSA) is 48.4 Å². The summed E-state index contributed by atoms with van der Waals surface area (Å²) >= 11 is 3.25. The van der Waals surface area contributed by atoms with Gasteiger partial charge in [-0.25, -0.2) is 9.78 Å². The van der Waals surface area contributed by atoms with E-state index >= 15 is 0 Å². The van der Waals surface area contributed by atoms with Crippen molar-refractivity contribution in [3.8, 4) is 5.75 Å². The van der Waals surface area contributed by atoms with Crippen molar-refractivity contribution in [3.63, 3.8) is 0 Å². The number of carbonyl (C=O) groups is 1. The first-order valence-electron chi connectivity index (χ1n) is 8.50. The van der Waals surface area contributed by atoms with Gasteiger partial charge < -0.3 is 9.47 Å². The second-order valence-electron chi connectivity index (χ2n) is 6.09. The Morgan fingerprint density at radius 2 is 1.96 bits per heavy atom. The van der Waals surface area contributed by atoms with Gasteiger partial charge in [-0.15, -0.1) is 11.3 Å². The highest BCUT2D eigenvalue weighted by Gasteiger charge is 2.14. The molecule has 1 aromatic heterocycles. The standard InChI is InChI=1S/C21H21NO3S2/c1-14-8-9-19(24-3)17(10-14)11-25-20(23)18-7-5-4-6-16(18)13-27-21-22-15(2)12-26-21/h4-10,12H,11,13H2,1-3H3. The number of methoxy groups -OCH3 is 1. The molecule has 0 bridgehead atoms. The van der Waals surface area contributed by atoms with E-state index in [-0.39, 0.29) is 12.6 Å². The Balaban J connectivity index is 1.69. The van der Waals surface area contributed by atoms with Crippen LogP contribution in [-0.2, 0) is 17.1 Å². The highest BCUT2D eigenvalue weighted by molar-refractivity contribution is 8.00. The number of hydrogen-bond donors (Lipinski definition) is 0. The quantitative estimate of drug-likeness (QED) is 0.392. The molecule has 0 saturated heterocycles. The summed E-state index contributed by atoms with van der Waals surface area (Å²) in [5.74, 6) is 1.06. The second kappa shape index (κ2) is 9.06. The molecular formula is C21H21NO3S2. The molecule has 1 heterocycles. The van der Waals surface area contributed by atoms with Crippen LogP contribution in [0.4, 0.5) is 0 Å². The number of benzene rings is 2. The highest BCUT2D eigenvalue weighted by atomic mass is 32.2. The molecule has 3 aromatic rings. The van der Waals surface area contributed by atoms with E-state index in [1.165, 1.54) is 0 Å². The summed E-state index contributed by atoms with van der Waals surface area (Å²) < 4.78 is 11.9. The molecule has 6 heteroatoms. The zero-order valence-electron chi connectivity index (χ0n) is 15.5. The maximum absolute atomic E-state index is 12.7. The number of thiazole rings is 1. The number of nitrogens with zero attached hydrogens (tertiary/aromatic N) is 1. The van der Waals surface area contributed by atoms with E-state index in [1.54, 1.807) is 36.3 Å². The Morgan fingerprint density at radius 1 is 1.15 bits per heavy atom. The number of ether oxygens (including phenoxy) is 2. The summed E-state index contributed by atoms with van der Waals surface area (Å²) in [7, 11) is 1.61. The molecule has 4 nitrogen and oxygen atoms in total. The smallest absolute Gasteiger partial charge is 0.338 e. The first-order chi connectivity index (χ1) is 13.1. The van der Waals surface area contributed by atoms with Gasteiger partial charge in [0.1, 0.15) is 16.7 Å². The van der Waals surface area contributed by atoms with E-state index in [4.69, 9.17) is 9.47 Å². The minimum atomic E-state index is -0.329. The van der Waals surface area contributed by atoms with Crippen LogP contribution in [0.1, 0.15) is 32.7 Å². The molecule has 3 rings (SSSR count). The van der Waals surface area contributed by atoms with Gasteiger partial charge in [0.25, 0.3) is 0 Å². The summed E-state index contributed by atoms with van der Waals surface area (Å²) in [6.07, 6.45) is 0. The molecular weight excluding hydrogens is 378 g/mol. The molecule has 0 amide bonds. The van der Waals surface area contributed by atoms with Crippen molar-refractivity contribution in [2.24, 2.45) is 0 Å². The monoisotopic (exact) mass is 399 g/mol. The molecule has 2 aromatic carbocycles. The number of hydrogen-bond acceptors (Lipinski definition) is 6. The Hall–Kier alpha value is -2.31. The van der Waals surface area contributed by atoms with Crippen molar-refractivity contribution in [1.82, 2.24) is 4.98 Å². The third-order valence-electron chi connectivity index (χ3n) is 3.98. The van der Waals surface area contributed by atoms with E-state index in [0.29, 0.717) is 11.3 Å². The molecule has 0 spiro atoms. The van der Waals surface area contributed by atoms with Gasteiger partial charge in [0, 0.05) is 22.4 Å². The zero-order chi connectivity index (χ0) is 19.2. The van der Waals surface area contributed by atoms with Crippen LogP contribution < -0.4 is 4.74 Å². The van der Waals surface area contributed by atoms with Gasteiger partial charge in [-0.05, 0) is 37.6 Å². The highest BCUT2D eigenvalue weighted by Crippen LogP contribution is 2.28. The summed E-state index contributed by atoms with van der Waals surface area (Å²) in [5.41, 5.74) is 4.50. The summed E-state index contributed by atoms with van der Waals surface area (Å²) in [6.45, 7) is 4.15. The molecule has 0 fully saturated rings. The molecule has 0 radical (unpaired) electrons. The fraction of sp³-hybridized carbons (Fsp3) is 0.238. The summed E-state index contributed by atoms with van der Waals surface area (Å²) in [4.78, 5) is 17.1. The third kappa shape index (κ3) is 5.11. The Labute approximate surface area is 167 Å². The molecule has 27 heavy (non-hydrogen) atoms. The molecule has 140 valence electrons. The van der Waals surface area contributed by atoms with E-state index < -0.39 is 0 Å². The minimum absolute atomic E-state index is 0.177. The SMILES string of the molecule is COc1ccc(C)cc1COC(=O)c1ccccc1CSc1nc(C)cs1. The number of aromatic nitrogens is 1. The lowest BCUT2D eigenvalue weighted by molar-refractivity contribution is 0.0469. The van der Waals surface area contributed by atoms with Gasteiger partial charge in [0.05, 0.1) is 12.7 Å². The maximum Gasteiger partial charge on any atom is 0.338 e. The van der Waals surface area contributed by atoms with E-state index in [0.717, 1.165) is 32.5 Å².